The summed E-state index contributed by atoms with van der Waals surface area (Å²) in [4.78, 5) is 37.3. The van der Waals surface area contributed by atoms with Crippen molar-refractivity contribution in [2.75, 3.05) is 4.90 Å². The number of hydrogen-bond acceptors (Lipinski definition) is 5. The Morgan fingerprint density at radius 3 is 2.25 bits per heavy atom. The molecule has 0 atom stereocenters. The van der Waals surface area contributed by atoms with Gasteiger partial charge < -0.3 is 14.6 Å². The maximum absolute atomic E-state index is 12.7. The maximum atomic E-state index is 12.7. The van der Waals surface area contributed by atoms with Gasteiger partial charge in [0.05, 0.1) is 22.8 Å². The highest BCUT2D eigenvalue weighted by Gasteiger charge is 2.36. The monoisotopic (exact) mass is 372 g/mol. The van der Waals surface area contributed by atoms with E-state index >= 15 is 0 Å². The molecule has 3 aromatic carbocycles. The molecule has 0 radical (unpaired) electrons. The number of ether oxygens (including phenoxy) is 1. The first-order valence-corrected chi connectivity index (χ1v) is 8.53. The van der Waals surface area contributed by atoms with Crippen LogP contribution in [0.3, 0.4) is 0 Å². The van der Waals surface area contributed by atoms with Gasteiger partial charge in [0, 0.05) is 0 Å². The van der Waals surface area contributed by atoms with Gasteiger partial charge in [0.25, 0.3) is 11.8 Å². The van der Waals surface area contributed by atoms with Crippen molar-refractivity contribution in [2.45, 2.75) is 6.92 Å². The first-order chi connectivity index (χ1) is 13.4. The minimum absolute atomic E-state index is 0.0480. The van der Waals surface area contributed by atoms with E-state index in [2.05, 4.69) is 0 Å². The topological polar surface area (TPSA) is 86.7 Å². The van der Waals surface area contributed by atoms with Crippen LogP contribution >= 0.6 is 0 Å². The quantitative estimate of drug-likeness (QED) is 0.657. The minimum Gasteiger partial charge on any atom is -0.545 e. The third-order valence-electron chi connectivity index (χ3n) is 4.44. The molecule has 1 aliphatic heterocycles. The summed E-state index contributed by atoms with van der Waals surface area (Å²) in [6, 6.07) is 17.9. The molecule has 2 amide bonds. The van der Waals surface area contributed by atoms with Gasteiger partial charge >= 0.3 is 0 Å². The lowest BCUT2D eigenvalue weighted by atomic mass is 10.1. The predicted octanol–water partition coefficient (Wildman–Crippen LogP) is 2.95. The number of nitrogens with zero attached hydrogens (tertiary/aromatic N) is 1. The fourth-order valence-corrected chi connectivity index (χ4v) is 3.08. The van der Waals surface area contributed by atoms with Gasteiger partial charge in [0.15, 0.2) is 0 Å². The molecule has 0 saturated carbocycles. The van der Waals surface area contributed by atoms with Crippen LogP contribution in [0.15, 0.2) is 66.7 Å². The van der Waals surface area contributed by atoms with Crippen LogP contribution in [0.5, 0.6) is 11.5 Å². The Morgan fingerprint density at radius 1 is 0.857 bits per heavy atom. The minimum atomic E-state index is -1.40. The molecule has 0 aliphatic carbocycles. The number of amides is 2. The molecule has 3 aromatic rings. The summed E-state index contributed by atoms with van der Waals surface area (Å²) >= 11 is 0. The molecule has 1 heterocycles. The summed E-state index contributed by atoms with van der Waals surface area (Å²) in [6.45, 7) is 1.96. The second-order valence-electron chi connectivity index (χ2n) is 6.41. The second-order valence-corrected chi connectivity index (χ2v) is 6.41. The lowest BCUT2D eigenvalue weighted by Gasteiger charge is -2.14. The third kappa shape index (κ3) is 3.01. The molecule has 0 saturated heterocycles. The number of carbonyl (C=O) groups is 3. The van der Waals surface area contributed by atoms with Crippen LogP contribution < -0.4 is 14.7 Å². The average Bonchev–Trinajstić information content (AvgIpc) is 2.93. The molecule has 4 rings (SSSR count). The number of aryl methyl sites for hydroxylation is 1. The van der Waals surface area contributed by atoms with Crippen molar-refractivity contribution < 1.29 is 24.2 Å². The highest BCUT2D eigenvalue weighted by atomic mass is 16.5. The van der Waals surface area contributed by atoms with Crippen molar-refractivity contribution in [3.63, 3.8) is 0 Å². The Balaban J connectivity index is 1.60. The van der Waals surface area contributed by atoms with Gasteiger partial charge in [-0.25, -0.2) is 4.90 Å². The Hall–Kier alpha value is -3.93. The van der Waals surface area contributed by atoms with Gasteiger partial charge in [-0.3, -0.25) is 9.59 Å². The molecule has 0 aromatic heterocycles. The van der Waals surface area contributed by atoms with Crippen LogP contribution in [0.25, 0.3) is 0 Å². The number of anilines is 1. The summed E-state index contributed by atoms with van der Waals surface area (Å²) < 4.78 is 5.77. The molecule has 1 aliphatic rings. The van der Waals surface area contributed by atoms with Gasteiger partial charge in [-0.1, -0.05) is 18.2 Å². The molecule has 0 N–H and O–H groups in total. The number of fused-ring (bicyclic) bond motifs is 1. The van der Waals surface area contributed by atoms with E-state index in [-0.39, 0.29) is 16.7 Å². The predicted molar refractivity (Wildman–Crippen MR) is 99.6 cm³/mol. The van der Waals surface area contributed by atoms with E-state index in [1.165, 1.54) is 18.2 Å². The Bertz CT molecular complexity index is 1120. The molecular formula is C22H14NO5-. The SMILES string of the molecule is Cc1cccc(Oc2ccc(N3C(=O)c4ccc(C(=O)[O-])cc4C3=O)cc2)c1. The van der Waals surface area contributed by atoms with E-state index in [0.717, 1.165) is 10.5 Å². The van der Waals surface area contributed by atoms with Gasteiger partial charge in [0.2, 0.25) is 0 Å². The Morgan fingerprint density at radius 2 is 1.57 bits per heavy atom. The summed E-state index contributed by atoms with van der Waals surface area (Å²) in [7, 11) is 0. The second kappa shape index (κ2) is 6.66. The number of benzene rings is 3. The number of aromatic carboxylic acids is 1. The van der Waals surface area contributed by atoms with E-state index in [0.29, 0.717) is 17.2 Å². The zero-order chi connectivity index (χ0) is 19.8. The lowest BCUT2D eigenvalue weighted by molar-refractivity contribution is -0.255. The van der Waals surface area contributed by atoms with E-state index in [1.54, 1.807) is 24.3 Å². The maximum Gasteiger partial charge on any atom is 0.266 e. The number of hydrogen-bond donors (Lipinski definition) is 0. The molecule has 0 unspecified atom stereocenters. The van der Waals surface area contributed by atoms with Crippen molar-refractivity contribution >= 4 is 23.5 Å². The molecule has 28 heavy (non-hydrogen) atoms. The van der Waals surface area contributed by atoms with E-state index in [4.69, 9.17) is 4.74 Å². The first kappa shape index (κ1) is 17.5. The first-order valence-electron chi connectivity index (χ1n) is 8.53. The number of carboxylic acid groups (broad SMARTS) is 1. The lowest BCUT2D eigenvalue weighted by Crippen LogP contribution is -2.29. The van der Waals surface area contributed by atoms with Crippen LogP contribution in [0.1, 0.15) is 36.6 Å². The number of imide groups is 1. The van der Waals surface area contributed by atoms with Crippen molar-refractivity contribution in [3.05, 3.63) is 89.0 Å². The van der Waals surface area contributed by atoms with E-state index in [1.807, 2.05) is 31.2 Å². The largest absolute Gasteiger partial charge is 0.545 e. The number of carbonyl (C=O) groups excluding carboxylic acids is 3. The summed E-state index contributed by atoms with van der Waals surface area (Å²) in [6.07, 6.45) is 0. The van der Waals surface area contributed by atoms with Crippen LogP contribution in [-0.2, 0) is 0 Å². The fraction of sp³-hybridized carbons (Fsp3) is 0.0455. The summed E-state index contributed by atoms with van der Waals surface area (Å²) in [5, 5.41) is 11.0. The summed E-state index contributed by atoms with van der Waals surface area (Å²) in [5.41, 5.74) is 1.50. The van der Waals surface area contributed by atoms with Crippen LogP contribution in [0.4, 0.5) is 5.69 Å². The van der Waals surface area contributed by atoms with Gasteiger partial charge in [-0.15, -0.1) is 0 Å². The van der Waals surface area contributed by atoms with E-state index < -0.39 is 17.8 Å². The highest BCUT2D eigenvalue weighted by Crippen LogP contribution is 2.31. The standard InChI is InChI=1S/C22H15NO5/c1-13-3-2-4-17(11-13)28-16-8-6-15(7-9-16)23-20(24)18-10-5-14(22(26)27)12-19(18)21(23)25/h2-12H,1H3,(H,26,27)/p-1. The van der Waals surface area contributed by atoms with Crippen molar-refractivity contribution in [3.8, 4) is 11.5 Å². The molecule has 0 fully saturated rings. The van der Waals surface area contributed by atoms with Crippen LogP contribution in [-0.4, -0.2) is 17.8 Å². The van der Waals surface area contributed by atoms with Crippen LogP contribution in [0, 0.1) is 6.92 Å². The van der Waals surface area contributed by atoms with Gasteiger partial charge in [-0.05, 0) is 66.6 Å². The number of carboxylic acids is 1. The molecular weight excluding hydrogens is 358 g/mol. The fourth-order valence-electron chi connectivity index (χ4n) is 3.08. The molecule has 6 heteroatoms. The Kier molecular flexibility index (Phi) is 4.16. The van der Waals surface area contributed by atoms with Gasteiger partial charge in [0.1, 0.15) is 11.5 Å². The molecule has 6 nitrogen and oxygen atoms in total. The highest BCUT2D eigenvalue weighted by molar-refractivity contribution is 6.34. The van der Waals surface area contributed by atoms with Crippen molar-refractivity contribution in [2.24, 2.45) is 0 Å². The van der Waals surface area contributed by atoms with Crippen LogP contribution in [0.2, 0.25) is 0 Å². The van der Waals surface area contributed by atoms with Crippen molar-refractivity contribution in [1.29, 1.82) is 0 Å². The number of rotatable bonds is 4. The zero-order valence-corrected chi connectivity index (χ0v) is 14.8. The summed E-state index contributed by atoms with van der Waals surface area (Å²) in [5.74, 6) is -1.24. The average molecular weight is 372 g/mol. The Labute approximate surface area is 160 Å². The zero-order valence-electron chi connectivity index (χ0n) is 14.8. The normalized spacial score (nSPS) is 12.8. The van der Waals surface area contributed by atoms with Gasteiger partial charge in [-0.2, -0.15) is 0 Å². The molecule has 0 bridgehead atoms. The molecule has 138 valence electrons. The third-order valence-corrected chi connectivity index (χ3v) is 4.44. The smallest absolute Gasteiger partial charge is 0.266 e. The molecule has 0 spiro atoms. The van der Waals surface area contributed by atoms with E-state index in [9.17, 15) is 19.5 Å². The van der Waals surface area contributed by atoms with Crippen molar-refractivity contribution in [1.82, 2.24) is 0 Å².